The summed E-state index contributed by atoms with van der Waals surface area (Å²) in [5.41, 5.74) is 0. The van der Waals surface area contributed by atoms with Crippen LogP contribution >= 0.6 is 0 Å². The van der Waals surface area contributed by atoms with Crippen LogP contribution in [-0.4, -0.2) is 38.5 Å². The summed E-state index contributed by atoms with van der Waals surface area (Å²) in [6.45, 7) is 7.49. The third kappa shape index (κ3) is 6.35. The molecule has 1 aliphatic carbocycles. The number of ether oxygens (including phenoxy) is 2. The van der Waals surface area contributed by atoms with Crippen LogP contribution in [0.15, 0.2) is 0 Å². The molecule has 0 aromatic carbocycles. The van der Waals surface area contributed by atoms with Gasteiger partial charge in [0.2, 0.25) is 0 Å². The molecule has 0 radical (unpaired) electrons. The molecular formula is C11H23NO2. The maximum atomic E-state index is 5.58. The van der Waals surface area contributed by atoms with Gasteiger partial charge in [-0.2, -0.15) is 0 Å². The van der Waals surface area contributed by atoms with Crippen molar-refractivity contribution in [2.24, 2.45) is 0 Å². The van der Waals surface area contributed by atoms with Crippen LogP contribution in [0.25, 0.3) is 0 Å². The Kier molecular flexibility index (Phi) is 6.15. The summed E-state index contributed by atoms with van der Waals surface area (Å²) in [6, 6.07) is 0.816. The third-order valence-corrected chi connectivity index (χ3v) is 2.29. The highest BCUT2D eigenvalue weighted by Gasteiger charge is 2.19. The fourth-order valence-electron chi connectivity index (χ4n) is 1.28. The zero-order valence-corrected chi connectivity index (χ0v) is 9.42. The van der Waals surface area contributed by atoms with Crippen molar-refractivity contribution in [3.05, 3.63) is 0 Å². The largest absolute Gasteiger partial charge is 0.379 e. The minimum absolute atomic E-state index is 0.232. The maximum Gasteiger partial charge on any atom is 0.0780 e. The molecule has 1 rings (SSSR count). The van der Waals surface area contributed by atoms with Crippen LogP contribution in [0, 0.1) is 0 Å². The van der Waals surface area contributed by atoms with Gasteiger partial charge in [0.1, 0.15) is 0 Å². The molecule has 3 nitrogen and oxygen atoms in total. The van der Waals surface area contributed by atoms with Crippen LogP contribution in [0.1, 0.15) is 33.1 Å². The minimum atomic E-state index is 0.232. The van der Waals surface area contributed by atoms with E-state index in [-0.39, 0.29) is 6.10 Å². The van der Waals surface area contributed by atoms with Crippen molar-refractivity contribution in [3.63, 3.8) is 0 Å². The van der Waals surface area contributed by atoms with Gasteiger partial charge in [-0.25, -0.2) is 0 Å². The molecule has 3 heteroatoms. The van der Waals surface area contributed by atoms with E-state index in [0.29, 0.717) is 6.61 Å². The first-order valence-corrected chi connectivity index (χ1v) is 5.75. The van der Waals surface area contributed by atoms with Crippen molar-refractivity contribution in [3.8, 4) is 0 Å². The summed E-state index contributed by atoms with van der Waals surface area (Å²) in [4.78, 5) is 0. The molecule has 1 saturated carbocycles. The lowest BCUT2D eigenvalue weighted by Gasteiger charge is -2.12. The molecule has 0 amide bonds. The summed E-state index contributed by atoms with van der Waals surface area (Å²) in [6.07, 6.45) is 4.06. The van der Waals surface area contributed by atoms with Crippen molar-refractivity contribution >= 4 is 0 Å². The van der Waals surface area contributed by atoms with Crippen molar-refractivity contribution in [2.45, 2.75) is 45.3 Å². The van der Waals surface area contributed by atoms with Gasteiger partial charge in [-0.3, -0.25) is 0 Å². The van der Waals surface area contributed by atoms with Gasteiger partial charge >= 0.3 is 0 Å². The van der Waals surface area contributed by atoms with E-state index in [0.717, 1.165) is 32.2 Å². The number of hydrogen-bond donors (Lipinski definition) is 1. The van der Waals surface area contributed by atoms with E-state index >= 15 is 0 Å². The summed E-state index contributed by atoms with van der Waals surface area (Å²) in [5.74, 6) is 0. The summed E-state index contributed by atoms with van der Waals surface area (Å²) < 4.78 is 10.8. The molecule has 84 valence electrons. The lowest BCUT2D eigenvalue weighted by Crippen LogP contribution is -2.21. The Bertz CT molecular complexity index is 137. The predicted molar refractivity (Wildman–Crippen MR) is 57.5 cm³/mol. The van der Waals surface area contributed by atoms with Gasteiger partial charge in [0.15, 0.2) is 0 Å². The second kappa shape index (κ2) is 7.21. The summed E-state index contributed by atoms with van der Waals surface area (Å²) >= 11 is 0. The average Bonchev–Trinajstić information content (AvgIpc) is 2.98. The molecule has 0 aromatic rings. The fraction of sp³-hybridized carbons (Fsp3) is 1.00. The Morgan fingerprint density at radius 1 is 1.43 bits per heavy atom. The minimum Gasteiger partial charge on any atom is -0.379 e. The monoisotopic (exact) mass is 201 g/mol. The number of hydrogen-bond acceptors (Lipinski definition) is 3. The second-order valence-electron chi connectivity index (χ2n) is 3.92. The van der Waals surface area contributed by atoms with Gasteiger partial charge < -0.3 is 14.8 Å². The first kappa shape index (κ1) is 12.0. The van der Waals surface area contributed by atoms with Gasteiger partial charge in [0.05, 0.1) is 12.7 Å². The van der Waals surface area contributed by atoms with Crippen molar-refractivity contribution < 1.29 is 9.47 Å². The van der Waals surface area contributed by atoms with Crippen molar-refractivity contribution in [2.75, 3.05) is 26.4 Å². The summed E-state index contributed by atoms with van der Waals surface area (Å²) in [5, 5.41) is 3.46. The normalized spacial score (nSPS) is 18.4. The quantitative estimate of drug-likeness (QED) is 0.574. The second-order valence-corrected chi connectivity index (χ2v) is 3.92. The van der Waals surface area contributed by atoms with Gasteiger partial charge in [-0.15, -0.1) is 0 Å². The SMILES string of the molecule is CCOCC(C)OCCCNC1CC1. The molecule has 1 atom stereocenters. The van der Waals surface area contributed by atoms with Crippen LogP contribution in [0.5, 0.6) is 0 Å². The van der Waals surface area contributed by atoms with Gasteiger partial charge in [0.25, 0.3) is 0 Å². The Morgan fingerprint density at radius 3 is 2.86 bits per heavy atom. The van der Waals surface area contributed by atoms with Crippen molar-refractivity contribution in [1.29, 1.82) is 0 Å². The standard InChI is InChI=1S/C11H23NO2/c1-3-13-9-10(2)14-8-4-7-12-11-5-6-11/h10-12H,3-9H2,1-2H3. The molecule has 0 bridgehead atoms. The first-order chi connectivity index (χ1) is 6.83. The smallest absolute Gasteiger partial charge is 0.0780 e. The van der Waals surface area contributed by atoms with Crippen molar-refractivity contribution in [1.82, 2.24) is 5.32 Å². The van der Waals surface area contributed by atoms with E-state index in [9.17, 15) is 0 Å². The number of nitrogens with one attached hydrogen (secondary N) is 1. The van der Waals surface area contributed by atoms with E-state index in [2.05, 4.69) is 12.2 Å². The predicted octanol–water partition coefficient (Wildman–Crippen LogP) is 1.57. The van der Waals surface area contributed by atoms with Gasteiger partial charge in [-0.05, 0) is 39.7 Å². The van der Waals surface area contributed by atoms with Crippen LogP contribution < -0.4 is 5.32 Å². The van der Waals surface area contributed by atoms with Crippen LogP contribution in [0.4, 0.5) is 0 Å². The van der Waals surface area contributed by atoms with Gasteiger partial charge in [0, 0.05) is 19.3 Å². The fourth-order valence-corrected chi connectivity index (χ4v) is 1.28. The molecule has 0 spiro atoms. The molecule has 1 aliphatic rings. The topological polar surface area (TPSA) is 30.5 Å². The van der Waals surface area contributed by atoms with Crippen LogP contribution in [0.3, 0.4) is 0 Å². The first-order valence-electron chi connectivity index (χ1n) is 5.75. The molecule has 0 saturated heterocycles. The molecule has 0 heterocycles. The lowest BCUT2D eigenvalue weighted by atomic mass is 10.4. The molecule has 1 N–H and O–H groups in total. The molecule has 0 aromatic heterocycles. The van der Waals surface area contributed by atoms with E-state index in [1.54, 1.807) is 0 Å². The molecule has 14 heavy (non-hydrogen) atoms. The van der Waals surface area contributed by atoms with Gasteiger partial charge in [-0.1, -0.05) is 0 Å². The molecular weight excluding hydrogens is 178 g/mol. The lowest BCUT2D eigenvalue weighted by molar-refractivity contribution is -0.00393. The third-order valence-electron chi connectivity index (χ3n) is 2.29. The highest BCUT2D eigenvalue weighted by Crippen LogP contribution is 2.18. The highest BCUT2D eigenvalue weighted by atomic mass is 16.5. The Labute approximate surface area is 87.2 Å². The molecule has 0 aliphatic heterocycles. The highest BCUT2D eigenvalue weighted by molar-refractivity contribution is 4.80. The average molecular weight is 201 g/mol. The van der Waals surface area contributed by atoms with E-state index in [1.165, 1.54) is 12.8 Å². The summed E-state index contributed by atoms with van der Waals surface area (Å²) in [7, 11) is 0. The zero-order chi connectivity index (χ0) is 10.2. The van der Waals surface area contributed by atoms with E-state index in [4.69, 9.17) is 9.47 Å². The molecule has 1 unspecified atom stereocenters. The van der Waals surface area contributed by atoms with E-state index < -0.39 is 0 Å². The zero-order valence-electron chi connectivity index (χ0n) is 9.42. The molecule has 1 fully saturated rings. The Balaban J connectivity index is 1.77. The van der Waals surface area contributed by atoms with Crippen LogP contribution in [0.2, 0.25) is 0 Å². The number of rotatable bonds is 9. The Morgan fingerprint density at radius 2 is 2.21 bits per heavy atom. The Hall–Kier alpha value is -0.120. The maximum absolute atomic E-state index is 5.58. The van der Waals surface area contributed by atoms with Crippen LogP contribution in [-0.2, 0) is 9.47 Å². The van der Waals surface area contributed by atoms with E-state index in [1.807, 2.05) is 6.92 Å².